The molecule has 0 spiro atoms. The molecule has 1 aromatic heterocycles. The molecule has 2 heterocycles. The van der Waals surface area contributed by atoms with Crippen molar-refractivity contribution in [1.82, 2.24) is 25.8 Å². The van der Waals surface area contributed by atoms with Gasteiger partial charge in [-0.1, -0.05) is 55.7 Å². The van der Waals surface area contributed by atoms with E-state index in [0.717, 1.165) is 54.6 Å². The molecule has 1 saturated heterocycles. The van der Waals surface area contributed by atoms with Crippen LogP contribution >= 0.6 is 0 Å². The summed E-state index contributed by atoms with van der Waals surface area (Å²) in [7, 11) is 0. The molecule has 3 aromatic rings. The highest BCUT2D eigenvalue weighted by Gasteiger charge is 2.39. The van der Waals surface area contributed by atoms with E-state index in [1.165, 1.54) is 23.1 Å². The number of fused-ring (bicyclic) bond motifs is 1. The van der Waals surface area contributed by atoms with Crippen LogP contribution in [0.5, 0.6) is 0 Å². The van der Waals surface area contributed by atoms with Crippen LogP contribution in [0.1, 0.15) is 48.8 Å². The molecule has 228 valence electrons. The summed E-state index contributed by atoms with van der Waals surface area (Å²) in [5.41, 5.74) is 0.569. The molecule has 1 saturated carbocycles. The van der Waals surface area contributed by atoms with Crippen molar-refractivity contribution in [2.75, 3.05) is 13.1 Å². The first kappa shape index (κ1) is 30.1. The highest BCUT2D eigenvalue weighted by Crippen LogP contribution is 2.32. The number of nitrogens with one attached hydrogen (secondary N) is 4. The summed E-state index contributed by atoms with van der Waals surface area (Å²) in [4.78, 5) is 56.6. The number of hydrogen-bond donors (Lipinski definition) is 4. The third-order valence-electron chi connectivity index (χ3n) is 8.21. The molecule has 5 rings (SSSR count). The number of alkyl halides is 3. The Morgan fingerprint density at radius 3 is 2.47 bits per heavy atom. The molecule has 0 bridgehead atoms. The second-order valence-corrected chi connectivity index (χ2v) is 11.2. The van der Waals surface area contributed by atoms with Crippen molar-refractivity contribution < 1.29 is 32.3 Å². The number of aromatic amines is 1. The lowest BCUT2D eigenvalue weighted by Crippen LogP contribution is -2.62. The Morgan fingerprint density at radius 2 is 1.70 bits per heavy atom. The van der Waals surface area contributed by atoms with E-state index in [0.29, 0.717) is 0 Å². The SMILES string of the molecule is O=C(CN1CC(=O)NC(C2CCCCC2)C1=O)NC(Cc1c[nH]c2ccccc12)C(=O)NCc1ccccc1C(F)(F)F. The van der Waals surface area contributed by atoms with Gasteiger partial charge in [-0.3, -0.25) is 19.2 Å². The van der Waals surface area contributed by atoms with Crippen LogP contribution in [0, 0.1) is 5.92 Å². The fraction of sp³-hybridized carbons (Fsp3) is 0.419. The van der Waals surface area contributed by atoms with E-state index < -0.39 is 48.7 Å². The van der Waals surface area contributed by atoms with Crippen molar-refractivity contribution in [2.45, 2.75) is 63.3 Å². The van der Waals surface area contributed by atoms with E-state index in [2.05, 4.69) is 20.9 Å². The Labute approximate surface area is 246 Å². The van der Waals surface area contributed by atoms with Gasteiger partial charge in [0.1, 0.15) is 25.2 Å². The van der Waals surface area contributed by atoms with E-state index in [9.17, 15) is 32.3 Å². The average Bonchev–Trinajstić information content (AvgIpc) is 3.40. The molecular weight excluding hydrogens is 563 g/mol. The highest BCUT2D eigenvalue weighted by atomic mass is 19.4. The Morgan fingerprint density at radius 1 is 0.977 bits per heavy atom. The Hall–Kier alpha value is -4.35. The van der Waals surface area contributed by atoms with E-state index >= 15 is 0 Å². The lowest BCUT2D eigenvalue weighted by Gasteiger charge is -2.37. The van der Waals surface area contributed by atoms with Crippen molar-refractivity contribution in [1.29, 1.82) is 0 Å². The summed E-state index contributed by atoms with van der Waals surface area (Å²) in [5.74, 6) is -2.00. The van der Waals surface area contributed by atoms with Crippen LogP contribution in [-0.2, 0) is 38.3 Å². The summed E-state index contributed by atoms with van der Waals surface area (Å²) in [5, 5.41) is 8.82. The molecule has 43 heavy (non-hydrogen) atoms. The van der Waals surface area contributed by atoms with Crippen LogP contribution in [0.4, 0.5) is 13.2 Å². The van der Waals surface area contributed by atoms with Crippen LogP contribution in [-0.4, -0.2) is 58.7 Å². The number of para-hydroxylation sites is 1. The van der Waals surface area contributed by atoms with Crippen molar-refractivity contribution in [3.05, 3.63) is 71.4 Å². The van der Waals surface area contributed by atoms with Crippen LogP contribution in [0.25, 0.3) is 10.9 Å². The van der Waals surface area contributed by atoms with E-state index in [1.54, 1.807) is 6.20 Å². The third-order valence-corrected chi connectivity index (χ3v) is 8.21. The third kappa shape index (κ3) is 7.18. The standard InChI is InChI=1S/C31H34F3N5O4/c32-31(33,34)23-12-6-4-10-20(23)15-36-29(42)25(14-21-16-35-24-13-7-5-11-22(21)24)37-26(40)17-39-18-27(41)38-28(30(39)43)19-8-2-1-3-9-19/h4-7,10-13,16,19,25,28,35H,1-3,8-9,14-15,17-18H2,(H,36,42)(H,37,40)(H,38,41). The topological polar surface area (TPSA) is 123 Å². The van der Waals surface area contributed by atoms with Crippen LogP contribution in [0.15, 0.2) is 54.7 Å². The van der Waals surface area contributed by atoms with Gasteiger partial charge >= 0.3 is 6.18 Å². The predicted octanol–water partition coefficient (Wildman–Crippen LogP) is 3.44. The number of aromatic nitrogens is 1. The van der Waals surface area contributed by atoms with Gasteiger partial charge in [-0.25, -0.2) is 0 Å². The molecule has 2 fully saturated rings. The Balaban J connectivity index is 1.31. The lowest BCUT2D eigenvalue weighted by molar-refractivity contribution is -0.148. The number of rotatable bonds is 9. The molecule has 2 aliphatic rings. The van der Waals surface area contributed by atoms with Crippen molar-refractivity contribution >= 4 is 34.5 Å². The monoisotopic (exact) mass is 597 g/mol. The first-order valence-corrected chi connectivity index (χ1v) is 14.5. The molecule has 2 atom stereocenters. The number of H-pyrrole nitrogens is 1. The molecule has 2 aromatic carbocycles. The maximum atomic E-state index is 13.5. The molecule has 12 heteroatoms. The first-order chi connectivity index (χ1) is 20.6. The Bertz CT molecular complexity index is 1500. The summed E-state index contributed by atoms with van der Waals surface area (Å²) in [6.45, 7) is -1.10. The molecule has 9 nitrogen and oxygen atoms in total. The van der Waals surface area contributed by atoms with Gasteiger partial charge in [0.05, 0.1) is 5.56 Å². The van der Waals surface area contributed by atoms with E-state index in [-0.39, 0.29) is 36.3 Å². The average molecular weight is 598 g/mol. The number of nitrogens with zero attached hydrogens (tertiary/aromatic N) is 1. The molecule has 4 N–H and O–H groups in total. The molecule has 4 amide bonds. The number of benzene rings is 2. The summed E-state index contributed by atoms with van der Waals surface area (Å²) >= 11 is 0. The van der Waals surface area contributed by atoms with Gasteiger partial charge < -0.3 is 25.8 Å². The number of carbonyl (C=O) groups excluding carboxylic acids is 4. The van der Waals surface area contributed by atoms with E-state index in [4.69, 9.17) is 0 Å². The van der Waals surface area contributed by atoms with E-state index in [1.807, 2.05) is 24.3 Å². The number of amides is 4. The second-order valence-electron chi connectivity index (χ2n) is 11.2. The summed E-state index contributed by atoms with van der Waals surface area (Å²) in [6.07, 6.45) is 1.83. The zero-order valence-electron chi connectivity index (χ0n) is 23.5. The minimum Gasteiger partial charge on any atom is -0.361 e. The van der Waals surface area contributed by atoms with Gasteiger partial charge in [-0.15, -0.1) is 0 Å². The maximum Gasteiger partial charge on any atom is 0.416 e. The Kier molecular flexibility index (Phi) is 9.02. The predicted molar refractivity (Wildman–Crippen MR) is 152 cm³/mol. The largest absolute Gasteiger partial charge is 0.416 e. The quantitative estimate of drug-likeness (QED) is 0.302. The molecule has 2 unspecified atom stereocenters. The van der Waals surface area contributed by atoms with Crippen molar-refractivity contribution in [3.8, 4) is 0 Å². The first-order valence-electron chi connectivity index (χ1n) is 14.5. The lowest BCUT2D eigenvalue weighted by atomic mass is 9.82. The minimum absolute atomic E-state index is 0.0102. The fourth-order valence-corrected chi connectivity index (χ4v) is 6.05. The second kappa shape index (κ2) is 12.9. The zero-order valence-corrected chi connectivity index (χ0v) is 23.5. The normalized spacial score (nSPS) is 18.8. The van der Waals surface area contributed by atoms with Gasteiger partial charge in [0, 0.05) is 30.1 Å². The molecule has 1 aliphatic carbocycles. The maximum absolute atomic E-state index is 13.5. The summed E-state index contributed by atoms with van der Waals surface area (Å²) in [6, 6.07) is 10.5. The van der Waals surface area contributed by atoms with Gasteiger partial charge in [0.2, 0.25) is 23.6 Å². The number of hydrogen-bond acceptors (Lipinski definition) is 4. The molecule has 1 aliphatic heterocycles. The van der Waals surface area contributed by atoms with Crippen molar-refractivity contribution in [2.24, 2.45) is 5.92 Å². The van der Waals surface area contributed by atoms with Crippen LogP contribution in [0.3, 0.4) is 0 Å². The van der Waals surface area contributed by atoms with Crippen LogP contribution < -0.4 is 16.0 Å². The van der Waals surface area contributed by atoms with Crippen molar-refractivity contribution in [3.63, 3.8) is 0 Å². The number of piperazine rings is 1. The smallest absolute Gasteiger partial charge is 0.361 e. The molecular formula is C31H34F3N5O4. The van der Waals surface area contributed by atoms with Gasteiger partial charge in [-0.2, -0.15) is 13.2 Å². The zero-order chi connectivity index (χ0) is 30.6. The van der Waals surface area contributed by atoms with Crippen LogP contribution in [0.2, 0.25) is 0 Å². The number of carbonyl (C=O) groups is 4. The van der Waals surface area contributed by atoms with Gasteiger partial charge in [-0.05, 0) is 42.0 Å². The minimum atomic E-state index is -4.60. The number of halogens is 3. The fourth-order valence-electron chi connectivity index (χ4n) is 6.05. The summed E-state index contributed by atoms with van der Waals surface area (Å²) < 4.78 is 40.5. The van der Waals surface area contributed by atoms with Gasteiger partial charge in [0.25, 0.3) is 0 Å². The highest BCUT2D eigenvalue weighted by molar-refractivity contribution is 5.98. The van der Waals surface area contributed by atoms with Gasteiger partial charge in [0.15, 0.2) is 0 Å². The molecule has 0 radical (unpaired) electrons.